The average molecular weight is 407 g/mol. The van der Waals surface area contributed by atoms with Gasteiger partial charge in [0.25, 0.3) is 5.91 Å². The summed E-state index contributed by atoms with van der Waals surface area (Å²) >= 11 is 0. The average Bonchev–Trinajstić information content (AvgIpc) is 3.16. The monoisotopic (exact) mass is 406 g/mol. The quantitative estimate of drug-likeness (QED) is 0.715. The molecule has 152 valence electrons. The molecule has 9 nitrogen and oxygen atoms in total. The van der Waals surface area contributed by atoms with E-state index < -0.39 is 10.0 Å². The first kappa shape index (κ1) is 20.4. The summed E-state index contributed by atoms with van der Waals surface area (Å²) in [4.78, 5) is 14.4. The summed E-state index contributed by atoms with van der Waals surface area (Å²) in [6, 6.07) is 8.56. The Kier molecular flexibility index (Phi) is 6.42. The summed E-state index contributed by atoms with van der Waals surface area (Å²) in [5, 5.41) is 10.7. The van der Waals surface area contributed by atoms with Crippen LogP contribution >= 0.6 is 0 Å². The smallest absolute Gasteiger partial charge is 0.273 e. The number of piperazine rings is 1. The van der Waals surface area contributed by atoms with E-state index in [1.54, 1.807) is 41.2 Å². The summed E-state index contributed by atoms with van der Waals surface area (Å²) in [5.74, 6) is -0.235. The second-order valence-electron chi connectivity index (χ2n) is 7.05. The van der Waals surface area contributed by atoms with Gasteiger partial charge in [-0.25, -0.2) is 8.42 Å². The van der Waals surface area contributed by atoms with E-state index in [0.29, 0.717) is 49.9 Å². The van der Waals surface area contributed by atoms with E-state index >= 15 is 0 Å². The number of rotatable bonds is 7. The molecule has 1 aromatic carbocycles. The zero-order valence-corrected chi connectivity index (χ0v) is 17.0. The molecule has 10 heteroatoms. The van der Waals surface area contributed by atoms with Gasteiger partial charge in [-0.3, -0.25) is 14.4 Å². The Morgan fingerprint density at radius 3 is 2.43 bits per heavy atom. The van der Waals surface area contributed by atoms with E-state index in [-0.39, 0.29) is 11.9 Å². The van der Waals surface area contributed by atoms with Crippen LogP contribution in [0.2, 0.25) is 0 Å². The number of carbonyl (C=O) groups is 1. The molecule has 0 aliphatic carbocycles. The molecule has 28 heavy (non-hydrogen) atoms. The Morgan fingerprint density at radius 1 is 1.11 bits per heavy atom. The first-order valence-electron chi connectivity index (χ1n) is 9.35. The molecule has 3 rings (SSSR count). The molecule has 1 aliphatic rings. The minimum atomic E-state index is -3.43. The SMILES string of the molecule is CC(C)NC(=O)c1cn(CCN2CCN(S(=O)(=O)c3ccccc3)CC2)nn1. The fraction of sp³-hybridized carbons (Fsp3) is 0.500. The maximum Gasteiger partial charge on any atom is 0.273 e. The molecule has 0 saturated carbocycles. The molecular formula is C18H26N6O3S. The van der Waals surface area contributed by atoms with Crippen LogP contribution in [0, 0.1) is 0 Å². The minimum absolute atomic E-state index is 0.0427. The van der Waals surface area contributed by atoms with Crippen molar-refractivity contribution in [1.82, 2.24) is 29.5 Å². The molecule has 1 amide bonds. The zero-order chi connectivity index (χ0) is 20.1. The zero-order valence-electron chi connectivity index (χ0n) is 16.2. The maximum atomic E-state index is 12.7. The molecular weight excluding hydrogens is 380 g/mol. The molecule has 0 unspecified atom stereocenters. The van der Waals surface area contributed by atoms with Crippen LogP contribution in [0.4, 0.5) is 0 Å². The third kappa shape index (κ3) is 4.94. The number of amides is 1. The van der Waals surface area contributed by atoms with Crippen LogP contribution in [0.25, 0.3) is 0 Å². The molecule has 2 heterocycles. The predicted octanol–water partition coefficient (Wildman–Crippen LogP) is 0.423. The van der Waals surface area contributed by atoms with Gasteiger partial charge in [-0.1, -0.05) is 23.4 Å². The van der Waals surface area contributed by atoms with Gasteiger partial charge in [-0.05, 0) is 26.0 Å². The van der Waals surface area contributed by atoms with E-state index in [1.807, 2.05) is 13.8 Å². The van der Waals surface area contributed by atoms with Crippen molar-refractivity contribution in [3.05, 3.63) is 42.2 Å². The Balaban J connectivity index is 1.49. The van der Waals surface area contributed by atoms with Crippen LogP contribution in [0.15, 0.2) is 41.4 Å². The number of hydrogen-bond donors (Lipinski definition) is 1. The summed E-state index contributed by atoms with van der Waals surface area (Å²) < 4.78 is 28.5. The molecule has 1 fully saturated rings. The second-order valence-corrected chi connectivity index (χ2v) is 8.99. The third-order valence-electron chi connectivity index (χ3n) is 4.55. The van der Waals surface area contributed by atoms with Gasteiger partial charge in [0, 0.05) is 38.8 Å². The normalized spacial score (nSPS) is 16.4. The fourth-order valence-electron chi connectivity index (χ4n) is 3.03. The van der Waals surface area contributed by atoms with Crippen molar-refractivity contribution in [3.8, 4) is 0 Å². The van der Waals surface area contributed by atoms with Gasteiger partial charge in [-0.2, -0.15) is 4.31 Å². The number of benzene rings is 1. The van der Waals surface area contributed by atoms with E-state index in [1.165, 1.54) is 4.31 Å². The van der Waals surface area contributed by atoms with E-state index in [0.717, 1.165) is 0 Å². The molecule has 1 saturated heterocycles. The standard InChI is InChI=1S/C18H26N6O3S/c1-15(2)19-18(25)17-14-23(21-20-17)11-8-22-9-12-24(13-10-22)28(26,27)16-6-4-3-5-7-16/h3-7,14-15H,8-13H2,1-2H3,(H,19,25). The van der Waals surface area contributed by atoms with Gasteiger partial charge in [0.1, 0.15) is 0 Å². The highest BCUT2D eigenvalue weighted by atomic mass is 32.2. The van der Waals surface area contributed by atoms with Crippen molar-refractivity contribution in [3.63, 3.8) is 0 Å². The lowest BCUT2D eigenvalue weighted by Crippen LogP contribution is -2.49. The fourth-order valence-corrected chi connectivity index (χ4v) is 4.47. The largest absolute Gasteiger partial charge is 0.348 e. The lowest BCUT2D eigenvalue weighted by Gasteiger charge is -2.33. The van der Waals surface area contributed by atoms with Crippen LogP contribution in [-0.4, -0.2) is 77.3 Å². The highest BCUT2D eigenvalue weighted by Gasteiger charge is 2.28. The topological polar surface area (TPSA) is 100 Å². The van der Waals surface area contributed by atoms with Crippen molar-refractivity contribution in [2.45, 2.75) is 31.3 Å². The molecule has 1 aliphatic heterocycles. The summed E-state index contributed by atoms with van der Waals surface area (Å²) in [5.41, 5.74) is 0.299. The number of aromatic nitrogens is 3. The Hall–Kier alpha value is -2.30. The maximum absolute atomic E-state index is 12.7. The van der Waals surface area contributed by atoms with Crippen molar-refractivity contribution >= 4 is 15.9 Å². The van der Waals surface area contributed by atoms with Crippen molar-refractivity contribution < 1.29 is 13.2 Å². The summed E-state index contributed by atoms with van der Waals surface area (Å²) in [6.07, 6.45) is 1.63. The number of sulfonamides is 1. The van der Waals surface area contributed by atoms with Gasteiger partial charge in [0.05, 0.1) is 17.6 Å². The molecule has 2 aromatic rings. The first-order valence-corrected chi connectivity index (χ1v) is 10.8. The van der Waals surface area contributed by atoms with Gasteiger partial charge in [0.15, 0.2) is 5.69 Å². The lowest BCUT2D eigenvalue weighted by atomic mass is 10.3. The van der Waals surface area contributed by atoms with Crippen molar-refractivity contribution in [2.24, 2.45) is 0 Å². The van der Waals surface area contributed by atoms with Gasteiger partial charge < -0.3 is 5.32 Å². The van der Waals surface area contributed by atoms with Gasteiger partial charge >= 0.3 is 0 Å². The minimum Gasteiger partial charge on any atom is -0.348 e. The molecule has 1 N–H and O–H groups in total. The number of hydrogen-bond acceptors (Lipinski definition) is 6. The Labute approximate surface area is 165 Å². The third-order valence-corrected chi connectivity index (χ3v) is 6.46. The Morgan fingerprint density at radius 2 is 1.79 bits per heavy atom. The molecule has 0 spiro atoms. The first-order chi connectivity index (χ1) is 13.4. The van der Waals surface area contributed by atoms with Crippen LogP contribution < -0.4 is 5.32 Å². The molecule has 0 atom stereocenters. The number of nitrogens with zero attached hydrogens (tertiary/aromatic N) is 5. The van der Waals surface area contributed by atoms with E-state index in [2.05, 4.69) is 20.5 Å². The van der Waals surface area contributed by atoms with E-state index in [4.69, 9.17) is 0 Å². The summed E-state index contributed by atoms with van der Waals surface area (Å²) in [6.45, 7) is 7.30. The number of nitrogens with one attached hydrogen (secondary N) is 1. The molecule has 0 bridgehead atoms. The van der Waals surface area contributed by atoms with E-state index in [9.17, 15) is 13.2 Å². The predicted molar refractivity (Wildman–Crippen MR) is 104 cm³/mol. The van der Waals surface area contributed by atoms with Gasteiger partial charge in [-0.15, -0.1) is 5.10 Å². The van der Waals surface area contributed by atoms with Crippen molar-refractivity contribution in [1.29, 1.82) is 0 Å². The van der Waals surface area contributed by atoms with Crippen LogP contribution in [0.5, 0.6) is 0 Å². The van der Waals surface area contributed by atoms with Crippen LogP contribution in [-0.2, 0) is 16.6 Å². The van der Waals surface area contributed by atoms with Gasteiger partial charge in [0.2, 0.25) is 10.0 Å². The van der Waals surface area contributed by atoms with Crippen molar-refractivity contribution in [2.75, 3.05) is 32.7 Å². The summed E-state index contributed by atoms with van der Waals surface area (Å²) in [7, 11) is -3.43. The molecule has 1 aromatic heterocycles. The number of carbonyl (C=O) groups excluding carboxylic acids is 1. The second kappa shape index (κ2) is 8.80. The van der Waals surface area contributed by atoms with Crippen LogP contribution in [0.1, 0.15) is 24.3 Å². The highest BCUT2D eigenvalue weighted by Crippen LogP contribution is 2.17. The highest BCUT2D eigenvalue weighted by molar-refractivity contribution is 7.89. The Bertz CT molecular complexity index is 889. The lowest BCUT2D eigenvalue weighted by molar-refractivity contribution is 0.0938. The molecule has 0 radical (unpaired) electrons. The van der Waals surface area contributed by atoms with Crippen LogP contribution in [0.3, 0.4) is 0 Å².